The summed E-state index contributed by atoms with van der Waals surface area (Å²) in [6, 6.07) is 9.60. The van der Waals surface area contributed by atoms with Crippen LogP contribution < -0.4 is 5.32 Å². The largest absolute Gasteiger partial charge is 0.336 e. The Labute approximate surface area is 173 Å². The fraction of sp³-hybridized carbons (Fsp3) is 0.350. The number of aromatic amines is 1. The summed E-state index contributed by atoms with van der Waals surface area (Å²) in [4.78, 5) is 22.8. The van der Waals surface area contributed by atoms with Gasteiger partial charge in [-0.2, -0.15) is 0 Å². The molecular weight excluding hydrogens is 390 g/mol. The lowest BCUT2D eigenvalue weighted by atomic mass is 9.99. The lowest BCUT2D eigenvalue weighted by Gasteiger charge is -2.29. The molecule has 0 radical (unpaired) electrons. The summed E-state index contributed by atoms with van der Waals surface area (Å²) >= 11 is 6.81. The van der Waals surface area contributed by atoms with Crippen LogP contribution in [-0.2, 0) is 6.54 Å². The second-order valence-corrected chi connectivity index (χ2v) is 8.45. The van der Waals surface area contributed by atoms with Gasteiger partial charge in [-0.05, 0) is 56.2 Å². The fourth-order valence-electron chi connectivity index (χ4n) is 3.42. The minimum absolute atomic E-state index is 0.232. The highest BCUT2D eigenvalue weighted by atomic mass is 32.1. The van der Waals surface area contributed by atoms with Crippen LogP contribution in [0.25, 0.3) is 5.69 Å². The van der Waals surface area contributed by atoms with Gasteiger partial charge in [0, 0.05) is 23.8 Å². The van der Waals surface area contributed by atoms with Crippen molar-refractivity contribution in [3.63, 3.8) is 0 Å². The number of hydrogen-bond acceptors (Lipinski definition) is 5. The molecule has 1 aliphatic rings. The molecule has 0 unspecified atom stereocenters. The maximum Gasteiger partial charge on any atom is 0.276 e. The first kappa shape index (κ1) is 19.0. The number of rotatable bonds is 5. The van der Waals surface area contributed by atoms with E-state index < -0.39 is 0 Å². The van der Waals surface area contributed by atoms with E-state index in [2.05, 4.69) is 27.1 Å². The van der Waals surface area contributed by atoms with Crippen molar-refractivity contribution in [1.82, 2.24) is 19.4 Å². The lowest BCUT2D eigenvalue weighted by Crippen LogP contribution is -2.32. The van der Waals surface area contributed by atoms with E-state index in [4.69, 9.17) is 12.2 Å². The minimum atomic E-state index is -0.232. The molecule has 4 rings (SSSR count). The molecule has 2 N–H and O–H groups in total. The molecule has 28 heavy (non-hydrogen) atoms. The average Bonchev–Trinajstić information content (AvgIpc) is 3.30. The molecule has 0 saturated carbocycles. The highest BCUT2D eigenvalue weighted by molar-refractivity contribution is 7.71. The maximum atomic E-state index is 12.8. The van der Waals surface area contributed by atoms with E-state index >= 15 is 0 Å². The lowest BCUT2D eigenvalue weighted by molar-refractivity contribution is 0.102. The second kappa shape index (κ2) is 8.38. The summed E-state index contributed by atoms with van der Waals surface area (Å²) in [5.41, 5.74) is 2.31. The molecule has 0 atom stereocenters. The summed E-state index contributed by atoms with van der Waals surface area (Å²) < 4.78 is 2.21. The van der Waals surface area contributed by atoms with E-state index in [0.717, 1.165) is 36.9 Å². The maximum absolute atomic E-state index is 12.8. The molecule has 2 aromatic heterocycles. The zero-order valence-electron chi connectivity index (χ0n) is 15.7. The minimum Gasteiger partial charge on any atom is -0.336 e. The molecule has 3 heterocycles. The number of H-pyrrole nitrogens is 1. The van der Waals surface area contributed by atoms with Crippen LogP contribution in [0.3, 0.4) is 0 Å². The molecule has 1 fully saturated rings. The summed E-state index contributed by atoms with van der Waals surface area (Å²) in [7, 11) is 0. The van der Waals surface area contributed by atoms with E-state index in [1.165, 1.54) is 24.2 Å². The molecule has 1 amide bonds. The molecular formula is C20H23N5OS2. The van der Waals surface area contributed by atoms with Gasteiger partial charge in [0.2, 0.25) is 0 Å². The Morgan fingerprint density at radius 2 is 2.07 bits per heavy atom. The van der Waals surface area contributed by atoms with Crippen LogP contribution in [-0.4, -0.2) is 38.4 Å². The van der Waals surface area contributed by atoms with E-state index in [9.17, 15) is 4.79 Å². The first-order valence-corrected chi connectivity index (χ1v) is 10.7. The van der Waals surface area contributed by atoms with Crippen molar-refractivity contribution in [2.75, 3.05) is 18.4 Å². The Hall–Kier alpha value is -2.29. The number of nitrogens with zero attached hydrogens (tertiary/aromatic N) is 3. The third-order valence-corrected chi connectivity index (χ3v) is 6.16. The van der Waals surface area contributed by atoms with Gasteiger partial charge in [0.15, 0.2) is 9.90 Å². The number of para-hydroxylation sites is 1. The number of carbonyl (C=O) groups is 1. The molecule has 6 nitrogen and oxygen atoms in total. The normalized spacial score (nSPS) is 15.6. The first-order chi connectivity index (χ1) is 13.6. The van der Waals surface area contributed by atoms with Gasteiger partial charge < -0.3 is 4.98 Å². The standard InChI is InChI=1S/C20H23N5OS2/c1-14-7-9-24(10-8-14)12-15-13-28-19(22-15)23-18(26)17-11-21-20(27)25(17)16-5-3-2-4-6-16/h2-6,11,13-14H,7-10,12H2,1H3,(H,21,27)(H,22,23,26). The molecule has 8 heteroatoms. The SMILES string of the molecule is CC1CCN(Cc2csc(NC(=O)c3c[nH]c(=S)n3-c3ccccc3)n2)CC1. The van der Waals surface area contributed by atoms with Crippen LogP contribution in [0.1, 0.15) is 35.9 Å². The van der Waals surface area contributed by atoms with Crippen LogP contribution in [0, 0.1) is 10.7 Å². The van der Waals surface area contributed by atoms with Gasteiger partial charge >= 0.3 is 0 Å². The molecule has 0 aliphatic carbocycles. The Bertz CT molecular complexity index is 999. The van der Waals surface area contributed by atoms with Gasteiger partial charge in [-0.15, -0.1) is 11.3 Å². The third-order valence-electron chi connectivity index (χ3n) is 5.06. The van der Waals surface area contributed by atoms with E-state index in [0.29, 0.717) is 15.6 Å². The van der Waals surface area contributed by atoms with Crippen LogP contribution in [0.4, 0.5) is 5.13 Å². The van der Waals surface area contributed by atoms with Crippen molar-refractivity contribution in [1.29, 1.82) is 0 Å². The van der Waals surface area contributed by atoms with Crippen molar-refractivity contribution < 1.29 is 4.79 Å². The van der Waals surface area contributed by atoms with Gasteiger partial charge in [0.25, 0.3) is 5.91 Å². The molecule has 3 aromatic rings. The summed E-state index contributed by atoms with van der Waals surface area (Å²) in [5.74, 6) is 0.581. The van der Waals surface area contributed by atoms with Crippen molar-refractivity contribution in [3.05, 3.63) is 58.1 Å². The molecule has 1 aromatic carbocycles. The topological polar surface area (TPSA) is 66.0 Å². The number of likely N-dealkylation sites (tertiary alicyclic amines) is 1. The zero-order valence-corrected chi connectivity index (χ0v) is 17.4. The Morgan fingerprint density at radius 1 is 1.32 bits per heavy atom. The number of anilines is 1. The molecule has 1 saturated heterocycles. The number of imidazole rings is 1. The number of thiazole rings is 1. The predicted molar refractivity (Wildman–Crippen MR) is 115 cm³/mol. The van der Waals surface area contributed by atoms with Gasteiger partial charge in [-0.25, -0.2) is 4.98 Å². The number of aromatic nitrogens is 3. The van der Waals surface area contributed by atoms with Gasteiger partial charge in [0.1, 0.15) is 5.69 Å². The quantitative estimate of drug-likeness (QED) is 0.606. The Balaban J connectivity index is 1.45. The summed E-state index contributed by atoms with van der Waals surface area (Å²) in [5, 5.41) is 5.54. The highest BCUT2D eigenvalue weighted by Gasteiger charge is 2.18. The average molecular weight is 414 g/mol. The van der Waals surface area contributed by atoms with Crippen molar-refractivity contribution in [3.8, 4) is 5.69 Å². The number of nitrogens with one attached hydrogen (secondary N) is 2. The van der Waals surface area contributed by atoms with E-state index in [1.54, 1.807) is 10.8 Å². The second-order valence-electron chi connectivity index (χ2n) is 7.21. The van der Waals surface area contributed by atoms with E-state index in [-0.39, 0.29) is 5.91 Å². The number of benzene rings is 1. The van der Waals surface area contributed by atoms with Crippen LogP contribution in [0.15, 0.2) is 41.9 Å². The van der Waals surface area contributed by atoms with Gasteiger partial charge in [0.05, 0.1) is 5.69 Å². The number of piperidine rings is 1. The first-order valence-electron chi connectivity index (χ1n) is 9.44. The number of hydrogen-bond donors (Lipinski definition) is 2. The van der Waals surface area contributed by atoms with Crippen LogP contribution in [0.2, 0.25) is 0 Å². The van der Waals surface area contributed by atoms with E-state index in [1.807, 2.05) is 35.7 Å². The van der Waals surface area contributed by atoms with Crippen molar-refractivity contribution in [2.24, 2.45) is 5.92 Å². The summed E-state index contributed by atoms with van der Waals surface area (Å²) in [6.07, 6.45) is 4.11. The fourth-order valence-corrected chi connectivity index (χ4v) is 4.38. The number of carbonyl (C=O) groups excluding carboxylic acids is 1. The molecule has 146 valence electrons. The zero-order chi connectivity index (χ0) is 19.5. The summed E-state index contributed by atoms with van der Waals surface area (Å²) in [6.45, 7) is 5.37. The Morgan fingerprint density at radius 3 is 2.82 bits per heavy atom. The van der Waals surface area contributed by atoms with Crippen molar-refractivity contribution >= 4 is 34.6 Å². The Kier molecular flexibility index (Phi) is 5.70. The molecule has 0 bridgehead atoms. The smallest absolute Gasteiger partial charge is 0.276 e. The predicted octanol–water partition coefficient (Wildman–Crippen LogP) is 4.48. The highest BCUT2D eigenvalue weighted by Crippen LogP contribution is 2.22. The van der Waals surface area contributed by atoms with Gasteiger partial charge in [-0.1, -0.05) is 25.1 Å². The third kappa shape index (κ3) is 4.24. The van der Waals surface area contributed by atoms with Crippen LogP contribution in [0.5, 0.6) is 0 Å². The van der Waals surface area contributed by atoms with Crippen LogP contribution >= 0.6 is 23.6 Å². The van der Waals surface area contributed by atoms with Crippen molar-refractivity contribution in [2.45, 2.75) is 26.3 Å². The molecule has 1 aliphatic heterocycles. The monoisotopic (exact) mass is 413 g/mol. The van der Waals surface area contributed by atoms with Gasteiger partial charge in [-0.3, -0.25) is 19.6 Å². The molecule has 0 spiro atoms. The number of amides is 1.